The number of hydrazone groups is 1. The number of amides is 1. The second-order valence-electron chi connectivity index (χ2n) is 7.61. The molecule has 0 aliphatic carbocycles. The molecule has 0 radical (unpaired) electrons. The van der Waals surface area contributed by atoms with E-state index in [-0.39, 0.29) is 17.2 Å². The third-order valence-corrected chi connectivity index (χ3v) is 5.51. The van der Waals surface area contributed by atoms with Crippen molar-refractivity contribution in [3.8, 4) is 5.75 Å². The maximum absolute atomic E-state index is 12.2. The van der Waals surface area contributed by atoms with Crippen molar-refractivity contribution in [1.82, 2.24) is 19.5 Å². The van der Waals surface area contributed by atoms with Crippen LogP contribution in [0.1, 0.15) is 42.6 Å². The van der Waals surface area contributed by atoms with Crippen molar-refractivity contribution in [3.63, 3.8) is 0 Å². The Morgan fingerprint density at radius 3 is 2.67 bits per heavy atom. The van der Waals surface area contributed by atoms with Gasteiger partial charge in [0.15, 0.2) is 11.4 Å². The normalized spacial score (nSPS) is 14.4. The van der Waals surface area contributed by atoms with Gasteiger partial charge in [-0.2, -0.15) is 5.10 Å². The highest BCUT2D eigenvalue weighted by atomic mass is 16.3. The van der Waals surface area contributed by atoms with E-state index >= 15 is 0 Å². The molecule has 156 valence electrons. The summed E-state index contributed by atoms with van der Waals surface area (Å²) in [4.78, 5) is 31.9. The summed E-state index contributed by atoms with van der Waals surface area (Å²) in [5.74, 6) is 0.710. The first-order chi connectivity index (χ1) is 14.5. The number of fused-ring (bicyclic) bond motifs is 1. The fourth-order valence-electron chi connectivity index (χ4n) is 3.74. The first kappa shape index (κ1) is 19.9. The molecule has 0 fully saturated rings. The van der Waals surface area contributed by atoms with Crippen molar-refractivity contribution in [2.24, 2.45) is 12.1 Å². The van der Waals surface area contributed by atoms with Gasteiger partial charge in [-0.1, -0.05) is 30.3 Å². The Bertz CT molecular complexity index is 1180. The van der Waals surface area contributed by atoms with E-state index in [1.54, 1.807) is 19.0 Å². The molecule has 3 heterocycles. The Morgan fingerprint density at radius 1 is 1.13 bits per heavy atom. The van der Waals surface area contributed by atoms with Gasteiger partial charge in [-0.15, -0.1) is 0 Å². The van der Waals surface area contributed by atoms with Gasteiger partial charge in [-0.3, -0.25) is 14.2 Å². The number of nitrogens with one attached hydrogen (secondary N) is 1. The number of aromatic nitrogens is 3. The van der Waals surface area contributed by atoms with E-state index in [1.807, 2.05) is 30.3 Å². The Morgan fingerprint density at radius 2 is 1.90 bits per heavy atom. The molecule has 0 spiro atoms. The Labute approximate surface area is 173 Å². The summed E-state index contributed by atoms with van der Waals surface area (Å²) in [6.45, 7) is 2.15. The number of H-pyrrole nitrogens is 1. The lowest BCUT2D eigenvalue weighted by Gasteiger charge is -2.23. The van der Waals surface area contributed by atoms with Crippen LogP contribution in [0, 0.1) is 6.92 Å². The lowest BCUT2D eigenvalue weighted by atomic mass is 10.0. The van der Waals surface area contributed by atoms with Crippen molar-refractivity contribution >= 4 is 22.8 Å². The van der Waals surface area contributed by atoms with E-state index in [2.05, 4.69) is 15.1 Å². The molecule has 1 aliphatic rings. The zero-order valence-corrected chi connectivity index (χ0v) is 17.2. The number of nitrogens with zero attached hydrogens (tertiary/aromatic N) is 4. The van der Waals surface area contributed by atoms with Crippen molar-refractivity contribution in [1.29, 1.82) is 0 Å². The molecule has 0 atom stereocenters. The van der Waals surface area contributed by atoms with Gasteiger partial charge < -0.3 is 10.1 Å². The number of pyridine rings is 1. The zero-order valence-electron chi connectivity index (χ0n) is 17.2. The van der Waals surface area contributed by atoms with Gasteiger partial charge in [0.2, 0.25) is 5.91 Å². The van der Waals surface area contributed by atoms with E-state index in [4.69, 9.17) is 0 Å². The van der Waals surface area contributed by atoms with Crippen LogP contribution >= 0.6 is 0 Å². The van der Waals surface area contributed by atoms with Gasteiger partial charge in [-0.05, 0) is 25.3 Å². The fraction of sp³-hybridized carbons (Fsp3) is 0.364. The average Bonchev–Trinajstić information content (AvgIpc) is 3.20. The number of hydrogen-bond acceptors (Lipinski definition) is 5. The van der Waals surface area contributed by atoms with E-state index in [1.165, 1.54) is 4.57 Å². The van der Waals surface area contributed by atoms with E-state index in [0.717, 1.165) is 24.1 Å². The molecule has 8 heteroatoms. The molecule has 8 nitrogen and oxygen atoms in total. The van der Waals surface area contributed by atoms with Crippen LogP contribution in [-0.4, -0.2) is 42.8 Å². The molecule has 0 unspecified atom stereocenters. The number of aryl methyl sites for hydroxylation is 2. The standard InChI is InChI=1S/C22H25N5O3/c1-14-20(29)19-21(26(2)22(14)30)24-17(23-19)10-6-7-13-27-18(28)12-11-16(25-27)15-8-4-3-5-9-15/h3-5,8-9,29H,6-7,10-13H2,1-2H3,(H,23,24). The van der Waals surface area contributed by atoms with E-state index < -0.39 is 0 Å². The number of benzene rings is 1. The molecule has 2 aromatic heterocycles. The predicted octanol–water partition coefficient (Wildman–Crippen LogP) is 2.63. The van der Waals surface area contributed by atoms with Crippen molar-refractivity contribution in [3.05, 3.63) is 57.6 Å². The first-order valence-corrected chi connectivity index (χ1v) is 10.2. The first-order valence-electron chi connectivity index (χ1n) is 10.2. The zero-order chi connectivity index (χ0) is 21.3. The monoisotopic (exact) mass is 407 g/mol. The number of hydrogen-bond donors (Lipinski definition) is 2. The van der Waals surface area contributed by atoms with Crippen LogP contribution in [0.2, 0.25) is 0 Å². The topological polar surface area (TPSA) is 104 Å². The van der Waals surface area contributed by atoms with E-state index in [9.17, 15) is 14.7 Å². The smallest absolute Gasteiger partial charge is 0.258 e. The van der Waals surface area contributed by atoms with Crippen molar-refractivity contribution in [2.45, 2.75) is 39.0 Å². The lowest BCUT2D eigenvalue weighted by molar-refractivity contribution is -0.131. The van der Waals surface area contributed by atoms with E-state index in [0.29, 0.717) is 48.4 Å². The second-order valence-corrected chi connectivity index (χ2v) is 7.61. The number of aromatic amines is 1. The second kappa shape index (κ2) is 8.14. The molecule has 1 aromatic carbocycles. The SMILES string of the molecule is Cc1c(O)c2[nH]c(CCCCN3N=C(c4ccccc4)CCC3=O)nc2n(C)c1=O. The summed E-state index contributed by atoms with van der Waals surface area (Å²) in [7, 11) is 1.64. The molecule has 2 N–H and O–H groups in total. The number of unbranched alkanes of at least 4 members (excludes halogenated alkanes) is 1. The van der Waals surface area contributed by atoms with Gasteiger partial charge >= 0.3 is 0 Å². The minimum absolute atomic E-state index is 0.0476. The molecule has 30 heavy (non-hydrogen) atoms. The average molecular weight is 407 g/mol. The van der Waals surface area contributed by atoms with Crippen molar-refractivity contribution in [2.75, 3.05) is 6.54 Å². The van der Waals surface area contributed by atoms with Crippen LogP contribution in [0.15, 0.2) is 40.2 Å². The molecule has 0 bridgehead atoms. The number of carbonyl (C=O) groups excluding carboxylic acids is 1. The Balaban J connectivity index is 1.40. The maximum atomic E-state index is 12.2. The van der Waals surface area contributed by atoms with Crippen LogP contribution in [0.3, 0.4) is 0 Å². The van der Waals surface area contributed by atoms with Crippen molar-refractivity contribution < 1.29 is 9.90 Å². The van der Waals surface area contributed by atoms with Crippen LogP contribution in [0.5, 0.6) is 5.75 Å². The van der Waals surface area contributed by atoms with Gasteiger partial charge in [-0.25, -0.2) is 9.99 Å². The maximum Gasteiger partial charge on any atom is 0.258 e. The predicted molar refractivity (Wildman–Crippen MR) is 115 cm³/mol. The Hall–Kier alpha value is -3.42. The largest absolute Gasteiger partial charge is 0.505 e. The molecule has 3 aromatic rings. The number of rotatable bonds is 6. The minimum Gasteiger partial charge on any atom is -0.505 e. The van der Waals surface area contributed by atoms with Crippen LogP contribution < -0.4 is 5.56 Å². The summed E-state index contributed by atoms with van der Waals surface area (Å²) in [6, 6.07) is 9.94. The summed E-state index contributed by atoms with van der Waals surface area (Å²) in [5.41, 5.74) is 2.97. The molecular formula is C22H25N5O3. The van der Waals surface area contributed by atoms with Gasteiger partial charge in [0.05, 0.1) is 11.3 Å². The fourth-order valence-corrected chi connectivity index (χ4v) is 3.74. The quantitative estimate of drug-likeness (QED) is 0.613. The highest BCUT2D eigenvalue weighted by Gasteiger charge is 2.21. The number of imidazole rings is 1. The molecule has 1 amide bonds. The van der Waals surface area contributed by atoms with Crippen LogP contribution in [0.25, 0.3) is 11.2 Å². The third-order valence-electron chi connectivity index (χ3n) is 5.51. The van der Waals surface area contributed by atoms with Crippen LogP contribution in [-0.2, 0) is 18.3 Å². The highest BCUT2D eigenvalue weighted by Crippen LogP contribution is 2.24. The number of aromatic hydroxyl groups is 1. The highest BCUT2D eigenvalue weighted by molar-refractivity contribution is 6.04. The minimum atomic E-state index is -0.256. The molecular weight excluding hydrogens is 382 g/mol. The molecule has 4 rings (SSSR count). The van der Waals surface area contributed by atoms with Gasteiger partial charge in [0, 0.05) is 32.9 Å². The van der Waals surface area contributed by atoms with Gasteiger partial charge in [0.1, 0.15) is 11.3 Å². The van der Waals surface area contributed by atoms with Gasteiger partial charge in [0.25, 0.3) is 5.56 Å². The lowest BCUT2D eigenvalue weighted by Crippen LogP contribution is -2.32. The summed E-state index contributed by atoms with van der Waals surface area (Å²) >= 11 is 0. The summed E-state index contributed by atoms with van der Waals surface area (Å²) < 4.78 is 1.44. The molecule has 0 saturated heterocycles. The molecule has 1 aliphatic heterocycles. The Kier molecular flexibility index (Phi) is 5.39. The summed E-state index contributed by atoms with van der Waals surface area (Å²) in [6.07, 6.45) is 3.37. The molecule has 0 saturated carbocycles. The van der Waals surface area contributed by atoms with Crippen LogP contribution in [0.4, 0.5) is 0 Å². The third kappa shape index (κ3) is 3.72. The number of carbonyl (C=O) groups is 1. The summed E-state index contributed by atoms with van der Waals surface area (Å²) in [5, 5.41) is 16.4.